The van der Waals surface area contributed by atoms with E-state index in [1.54, 1.807) is 5.57 Å². The Hall–Kier alpha value is -1.66. The molecule has 0 amide bonds. The zero-order chi connectivity index (χ0) is 28.2. The Labute approximate surface area is 276 Å². The van der Waals surface area contributed by atoms with E-state index in [1.807, 2.05) is 6.07 Å². The summed E-state index contributed by atoms with van der Waals surface area (Å²) >= 11 is 1.51. The van der Waals surface area contributed by atoms with Gasteiger partial charge in [0.05, 0.1) is 0 Å². The van der Waals surface area contributed by atoms with Crippen LogP contribution in [-0.2, 0) is 24.2 Å². The van der Waals surface area contributed by atoms with Gasteiger partial charge < -0.3 is 24.8 Å². The normalized spacial score (nSPS) is 16.9. The molecule has 1 fully saturated rings. The van der Waals surface area contributed by atoms with E-state index in [2.05, 4.69) is 121 Å². The van der Waals surface area contributed by atoms with Crippen molar-refractivity contribution < 1.29 is 49.0 Å². The molecule has 41 heavy (non-hydrogen) atoms. The van der Waals surface area contributed by atoms with E-state index in [0.717, 1.165) is 0 Å². The van der Waals surface area contributed by atoms with Crippen LogP contribution in [0.1, 0.15) is 80.7 Å². The Morgan fingerprint density at radius 3 is 1.71 bits per heavy atom. The number of halogens is 2. The molecule has 1 unspecified atom stereocenters. The average molecular weight is 663 g/mol. The first kappa shape index (κ1) is 35.5. The summed E-state index contributed by atoms with van der Waals surface area (Å²) in [6.45, 7) is 15.5. The van der Waals surface area contributed by atoms with E-state index in [-0.39, 0.29) is 24.8 Å². The maximum atomic E-state index is 3.37. The van der Waals surface area contributed by atoms with Gasteiger partial charge >= 0.3 is 70.3 Å². The van der Waals surface area contributed by atoms with E-state index in [9.17, 15) is 0 Å². The van der Waals surface area contributed by atoms with Crippen molar-refractivity contribution in [1.29, 1.82) is 0 Å². The van der Waals surface area contributed by atoms with Crippen LogP contribution in [-0.4, -0.2) is 3.21 Å². The van der Waals surface area contributed by atoms with Gasteiger partial charge in [-0.3, -0.25) is 6.08 Å². The molecule has 6 rings (SSSR count). The summed E-state index contributed by atoms with van der Waals surface area (Å²) in [7, 11) is 0. The topological polar surface area (TPSA) is 0 Å². The third kappa shape index (κ3) is 8.92. The van der Waals surface area contributed by atoms with Crippen LogP contribution in [0, 0.1) is 45.1 Å². The van der Waals surface area contributed by atoms with Gasteiger partial charge in [-0.05, 0) is 27.7 Å². The first-order chi connectivity index (χ1) is 18.6. The second-order valence-corrected chi connectivity index (χ2v) is 13.9. The summed E-state index contributed by atoms with van der Waals surface area (Å²) in [6.07, 6.45) is 15.0. The molecule has 0 bridgehead atoms. The van der Waals surface area contributed by atoms with E-state index < -0.39 is 0 Å². The van der Waals surface area contributed by atoms with Crippen molar-refractivity contribution in [3.05, 3.63) is 112 Å². The van der Waals surface area contributed by atoms with Gasteiger partial charge in [0.15, 0.2) is 0 Å². The minimum Gasteiger partial charge on any atom is -1.00 e. The second-order valence-electron chi connectivity index (χ2n) is 12.0. The first-order valence-corrected chi connectivity index (χ1v) is 15.8. The predicted molar refractivity (Wildman–Crippen MR) is 168 cm³/mol. The van der Waals surface area contributed by atoms with Crippen LogP contribution in [0.3, 0.4) is 0 Å². The van der Waals surface area contributed by atoms with E-state index in [1.165, 1.54) is 109 Å². The Kier molecular flexibility index (Phi) is 13.6. The number of hydrogen-bond donors (Lipinski definition) is 0. The van der Waals surface area contributed by atoms with Gasteiger partial charge in [-0.15, -0.1) is 39.7 Å². The number of fused-ring (bicyclic) bond motifs is 3. The zero-order valence-corrected chi connectivity index (χ0v) is 29.8. The maximum absolute atomic E-state index is 3.37. The SMILES string of the molecule is CC1[C-]=CC(C2(C)CCCCC2)=C1.C[C](=[Zr+2])c1ccccc1.Cc1cc2[cH-]c3cc(C)c(C)cc3c2cc1C.[Cl-].[Cl-]. The van der Waals surface area contributed by atoms with Gasteiger partial charge in [0.2, 0.25) is 0 Å². The molecular weight excluding hydrogens is 619 g/mol. The van der Waals surface area contributed by atoms with Crippen molar-refractivity contribution in [3.63, 3.8) is 0 Å². The molecule has 0 nitrogen and oxygen atoms in total. The number of hydrogen-bond acceptors (Lipinski definition) is 0. The van der Waals surface area contributed by atoms with Gasteiger partial charge in [0.1, 0.15) is 0 Å². The standard InChI is InChI=1S/C17H17.C13H19.C8H8.2ClH.Zr/c1-10-5-14-9-15-6-11(2)13(4)8-17(15)16(14)7-12(10)3;1-11-6-7-12(10-11)13(2)8-4-3-5-9-13;1-2-8-6-4-3-5-7-8;;;/h5-9H,1-4H3;7,10-11H,3-5,8-9H2,1-2H3;3-7H,1H3;2*1H;/q2*-1;;;;+2/p-2. The van der Waals surface area contributed by atoms with Crippen LogP contribution >= 0.6 is 0 Å². The molecule has 216 valence electrons. The minimum absolute atomic E-state index is 0. The smallest absolute Gasteiger partial charge is 0.0408 e. The Bertz CT molecular complexity index is 1450. The molecule has 0 radical (unpaired) electrons. The molecule has 0 saturated heterocycles. The van der Waals surface area contributed by atoms with Crippen molar-refractivity contribution >= 4 is 24.8 Å². The molecule has 1 atom stereocenters. The third-order valence-electron chi connectivity index (χ3n) is 8.73. The van der Waals surface area contributed by atoms with Gasteiger partial charge in [0.25, 0.3) is 0 Å². The van der Waals surface area contributed by atoms with Gasteiger partial charge in [0, 0.05) is 0 Å². The Morgan fingerprint density at radius 1 is 0.805 bits per heavy atom. The maximum Gasteiger partial charge on any atom is -0.0408 e. The summed E-state index contributed by atoms with van der Waals surface area (Å²) < 4.78 is 1.46. The molecule has 4 aromatic carbocycles. The largest absolute Gasteiger partial charge is 1.00 e. The van der Waals surface area contributed by atoms with Crippen LogP contribution < -0.4 is 24.8 Å². The van der Waals surface area contributed by atoms with Crippen molar-refractivity contribution in [2.45, 2.75) is 80.6 Å². The number of aryl methyl sites for hydroxylation is 4. The quantitative estimate of drug-likeness (QED) is 0.275. The van der Waals surface area contributed by atoms with E-state index in [0.29, 0.717) is 11.3 Å². The molecule has 1 saturated carbocycles. The van der Waals surface area contributed by atoms with Crippen molar-refractivity contribution in [3.8, 4) is 0 Å². The molecule has 4 aromatic rings. The van der Waals surface area contributed by atoms with Gasteiger partial charge in [-0.25, -0.2) is 6.08 Å². The van der Waals surface area contributed by atoms with Crippen LogP contribution in [0.4, 0.5) is 0 Å². The van der Waals surface area contributed by atoms with Gasteiger partial charge in [-0.2, -0.15) is 11.6 Å². The molecule has 0 aliphatic heterocycles. The van der Waals surface area contributed by atoms with Crippen LogP contribution in [0.5, 0.6) is 0 Å². The van der Waals surface area contributed by atoms with Gasteiger partial charge in [-0.1, -0.05) is 91.7 Å². The zero-order valence-electron chi connectivity index (χ0n) is 25.8. The molecule has 0 aromatic heterocycles. The summed E-state index contributed by atoms with van der Waals surface area (Å²) in [5.74, 6) is 0.550. The second kappa shape index (κ2) is 15.7. The average Bonchev–Trinajstić information content (AvgIpc) is 3.50. The molecule has 2 aliphatic carbocycles. The Balaban J connectivity index is 0.000000220. The predicted octanol–water partition coefficient (Wildman–Crippen LogP) is 4.62. The van der Waals surface area contributed by atoms with E-state index >= 15 is 0 Å². The number of allylic oxidation sites excluding steroid dienone is 4. The van der Waals surface area contributed by atoms with Crippen molar-refractivity contribution in [2.75, 3.05) is 0 Å². The monoisotopic (exact) mass is 660 g/mol. The first-order valence-electron chi connectivity index (χ1n) is 14.6. The number of rotatable bonds is 2. The van der Waals surface area contributed by atoms with Crippen molar-refractivity contribution in [1.82, 2.24) is 0 Å². The van der Waals surface area contributed by atoms with Crippen molar-refractivity contribution in [2.24, 2.45) is 11.3 Å². The minimum atomic E-state index is 0. The Morgan fingerprint density at radius 2 is 1.29 bits per heavy atom. The fraction of sp³-hybridized carbons (Fsp3) is 0.368. The van der Waals surface area contributed by atoms with Crippen LogP contribution in [0.25, 0.3) is 21.5 Å². The number of benzene rings is 3. The molecule has 2 aliphatic rings. The summed E-state index contributed by atoms with van der Waals surface area (Å²) in [5, 5.41) is 5.53. The van der Waals surface area contributed by atoms with Crippen LogP contribution in [0.2, 0.25) is 0 Å². The summed E-state index contributed by atoms with van der Waals surface area (Å²) in [6, 6.07) is 22.0. The summed E-state index contributed by atoms with van der Waals surface area (Å²) in [4.78, 5) is 0. The fourth-order valence-electron chi connectivity index (χ4n) is 5.82. The molecule has 0 heterocycles. The molecule has 3 heteroatoms. The van der Waals surface area contributed by atoms with E-state index in [4.69, 9.17) is 0 Å². The molecule has 0 N–H and O–H groups in total. The fourth-order valence-corrected chi connectivity index (χ4v) is 6.23. The molecule has 0 spiro atoms. The third-order valence-corrected chi connectivity index (χ3v) is 9.43. The van der Waals surface area contributed by atoms with Crippen LogP contribution in [0.15, 0.2) is 78.4 Å². The molecular formula is C38H44Cl2Zr-2. The summed E-state index contributed by atoms with van der Waals surface area (Å²) in [5.41, 5.74) is 8.92.